The van der Waals surface area contributed by atoms with Crippen LogP contribution >= 0.6 is 0 Å². The van der Waals surface area contributed by atoms with Gasteiger partial charge in [0.25, 0.3) is 0 Å². The molecular weight excluding hydrogens is 1120 g/mol. The fourth-order valence-corrected chi connectivity index (χ4v) is 16.1. The Balaban J connectivity index is 0.779. The van der Waals surface area contributed by atoms with Gasteiger partial charge in [0.2, 0.25) is 0 Å². The highest BCUT2D eigenvalue weighted by molar-refractivity contribution is 5.29. The van der Waals surface area contributed by atoms with Gasteiger partial charge in [0.05, 0.1) is 56.9 Å². The molecule has 0 aromatic carbocycles. The number of hydrogen-bond acceptors (Lipinski definition) is 28. The van der Waals surface area contributed by atoms with Crippen LogP contribution in [0.5, 0.6) is 0 Å². The molecule has 6 saturated heterocycles. The molecule has 6 heterocycles. The monoisotopic (exact) mass is 1210 g/mol. The molecule has 84 heavy (non-hydrogen) atoms. The van der Waals surface area contributed by atoms with Gasteiger partial charge < -0.3 is 139 Å². The van der Waals surface area contributed by atoms with Crippen LogP contribution in [0.2, 0.25) is 0 Å². The summed E-state index contributed by atoms with van der Waals surface area (Å²) in [6, 6.07) is 0. The lowest BCUT2D eigenvalue weighted by Crippen LogP contribution is -2.66. The summed E-state index contributed by atoms with van der Waals surface area (Å²) in [6.07, 6.45) is -31.9. The van der Waals surface area contributed by atoms with Crippen molar-refractivity contribution in [1.82, 2.24) is 0 Å². The summed E-state index contributed by atoms with van der Waals surface area (Å²) >= 11 is 0. The van der Waals surface area contributed by atoms with Gasteiger partial charge in [0.15, 0.2) is 37.2 Å². The van der Waals surface area contributed by atoms with Gasteiger partial charge in [-0.25, -0.2) is 0 Å². The Labute approximate surface area is 486 Å². The summed E-state index contributed by atoms with van der Waals surface area (Å²) in [6.45, 7) is 7.01. The summed E-state index contributed by atoms with van der Waals surface area (Å²) in [5.74, 6) is -2.53. The van der Waals surface area contributed by atoms with E-state index >= 15 is 0 Å². The molecule has 6 aliphatic heterocycles. The molecule has 4 aliphatic carbocycles. The quantitative estimate of drug-likeness (QED) is 0.0604. The van der Waals surface area contributed by atoms with E-state index in [-0.39, 0.29) is 42.1 Å². The Morgan fingerprint density at radius 2 is 1.18 bits per heavy atom. The Morgan fingerprint density at radius 3 is 1.85 bits per heavy atom. The molecule has 9 fully saturated rings. The first kappa shape index (κ1) is 65.6. The largest absolute Gasteiger partial charge is 0.394 e. The minimum atomic E-state index is -1.83. The van der Waals surface area contributed by atoms with E-state index in [2.05, 4.69) is 19.9 Å². The SMILES string of the molecule is CC(CCC1(O)OC2CC3(O)C4CC=C5CC(OC6OC(CO)C(OC7OCC(O)C(O)C7O)C(O)C6OC6OC(C)C(O)C(O)C6O)CCC5(C)C4CCC3(C)C2C1C)COC1OC(CO)C(O)C(O)C1OC1OC(CO)C(O)C(O)C1O. The number of hydrogen-bond donors (Lipinski definition) is 17. The first-order chi connectivity index (χ1) is 39.6. The molecule has 35 unspecified atom stereocenters. The zero-order valence-corrected chi connectivity index (χ0v) is 48.0. The zero-order valence-electron chi connectivity index (χ0n) is 48.0. The number of fused-ring (bicyclic) bond motifs is 7. The molecule has 0 radical (unpaired) electrons. The highest BCUT2D eigenvalue weighted by atomic mass is 16.8. The molecule has 10 rings (SSSR count). The van der Waals surface area contributed by atoms with Gasteiger partial charge in [-0.15, -0.1) is 0 Å². The van der Waals surface area contributed by atoms with Gasteiger partial charge in [0, 0.05) is 30.1 Å². The number of ether oxygens (including phenoxy) is 11. The van der Waals surface area contributed by atoms with Gasteiger partial charge in [-0.05, 0) is 75.0 Å². The summed E-state index contributed by atoms with van der Waals surface area (Å²) in [5, 5.41) is 184. The molecule has 0 amide bonds. The van der Waals surface area contributed by atoms with Crippen molar-refractivity contribution in [3.63, 3.8) is 0 Å². The Kier molecular flexibility index (Phi) is 19.8. The lowest BCUT2D eigenvalue weighted by Gasteiger charge is -2.61. The molecule has 0 spiro atoms. The van der Waals surface area contributed by atoms with E-state index in [9.17, 15) is 86.8 Å². The van der Waals surface area contributed by atoms with E-state index in [0.717, 1.165) is 12.0 Å². The lowest BCUT2D eigenvalue weighted by molar-refractivity contribution is -0.385. The molecule has 10 aliphatic rings. The lowest BCUT2D eigenvalue weighted by atomic mass is 9.45. The van der Waals surface area contributed by atoms with Crippen molar-refractivity contribution in [3.8, 4) is 0 Å². The molecular formula is C56H92O28. The van der Waals surface area contributed by atoms with Crippen molar-refractivity contribution >= 4 is 0 Å². The molecule has 0 aromatic rings. The number of aliphatic hydroxyl groups excluding tert-OH is 15. The third-order valence-corrected chi connectivity index (χ3v) is 21.4. The maximum atomic E-state index is 13.2. The molecule has 17 N–H and O–H groups in total. The van der Waals surface area contributed by atoms with E-state index in [4.69, 9.17) is 52.1 Å². The fourth-order valence-electron chi connectivity index (χ4n) is 16.1. The van der Waals surface area contributed by atoms with Crippen molar-refractivity contribution in [1.29, 1.82) is 0 Å². The third kappa shape index (κ3) is 11.5. The second-order valence-electron chi connectivity index (χ2n) is 26.3. The highest BCUT2D eigenvalue weighted by Gasteiger charge is 2.74. The maximum absolute atomic E-state index is 13.2. The summed E-state index contributed by atoms with van der Waals surface area (Å²) in [7, 11) is 0. The molecule has 3 saturated carbocycles. The van der Waals surface area contributed by atoms with Crippen LogP contribution in [0, 0.1) is 40.4 Å². The van der Waals surface area contributed by atoms with E-state index in [1.807, 2.05) is 13.8 Å². The summed E-state index contributed by atoms with van der Waals surface area (Å²) < 4.78 is 66.0. The van der Waals surface area contributed by atoms with Crippen LogP contribution in [0.4, 0.5) is 0 Å². The van der Waals surface area contributed by atoms with Gasteiger partial charge in [-0.1, -0.05) is 39.3 Å². The van der Waals surface area contributed by atoms with Crippen LogP contribution < -0.4 is 0 Å². The first-order valence-electron chi connectivity index (χ1n) is 29.9. The third-order valence-electron chi connectivity index (χ3n) is 21.4. The second kappa shape index (κ2) is 25.4. The minimum Gasteiger partial charge on any atom is -0.394 e. The standard InChI is InChI=1S/C56H92O28/c1-21(19-74-51-46(40(67)37(64)31(17-58)79-51)82-50-43(70)39(66)36(63)30(16-57)78-50)8-13-56(73)22(2)33-29(84-56)15-55(72)27-7-6-24-14-25(9-11-53(24,4)26(27)10-12-54(33,55)5)77-52-47(83-49-42(69)38(65)34(61)23(3)76-49)44(71)45(32(18-59)80-52)81-48-41(68)35(62)28(60)20-75-48/h6,21-23,25-52,57-73H,7-20H2,1-5H3. The van der Waals surface area contributed by atoms with Crippen LogP contribution in [0.3, 0.4) is 0 Å². The molecule has 484 valence electrons. The predicted octanol–water partition coefficient (Wildman–Crippen LogP) is -5.43. The Hall–Kier alpha value is -1.38. The second-order valence-corrected chi connectivity index (χ2v) is 26.3. The predicted molar refractivity (Wildman–Crippen MR) is 278 cm³/mol. The van der Waals surface area contributed by atoms with Crippen LogP contribution in [0.15, 0.2) is 11.6 Å². The van der Waals surface area contributed by atoms with Crippen molar-refractivity contribution in [2.75, 3.05) is 33.0 Å². The van der Waals surface area contributed by atoms with Crippen LogP contribution in [0.1, 0.15) is 92.4 Å². The van der Waals surface area contributed by atoms with Crippen molar-refractivity contribution in [2.24, 2.45) is 40.4 Å². The maximum Gasteiger partial charge on any atom is 0.187 e. The average molecular weight is 1210 g/mol. The van der Waals surface area contributed by atoms with Crippen LogP contribution in [-0.4, -0.2) is 291 Å². The Morgan fingerprint density at radius 1 is 0.595 bits per heavy atom. The van der Waals surface area contributed by atoms with E-state index in [0.29, 0.717) is 44.9 Å². The molecule has 35 atom stereocenters. The Bertz CT molecular complexity index is 2240. The topological polar surface area (TPSA) is 445 Å². The normalized spacial score (nSPS) is 55.3. The summed E-state index contributed by atoms with van der Waals surface area (Å²) in [5.41, 5.74) is -1.04. The van der Waals surface area contributed by atoms with Crippen LogP contribution in [-0.2, 0) is 52.1 Å². The average Bonchev–Trinajstić information content (AvgIpc) is 1.67. The van der Waals surface area contributed by atoms with Crippen LogP contribution in [0.25, 0.3) is 0 Å². The number of rotatable bonds is 17. The van der Waals surface area contributed by atoms with Gasteiger partial charge >= 0.3 is 0 Å². The molecule has 0 bridgehead atoms. The van der Waals surface area contributed by atoms with Gasteiger partial charge in [-0.2, -0.15) is 0 Å². The van der Waals surface area contributed by atoms with Crippen molar-refractivity contribution < 1.29 is 139 Å². The summed E-state index contributed by atoms with van der Waals surface area (Å²) in [4.78, 5) is 0. The molecule has 0 aromatic heterocycles. The highest BCUT2D eigenvalue weighted by Crippen LogP contribution is 2.72. The van der Waals surface area contributed by atoms with Crippen molar-refractivity contribution in [2.45, 2.75) is 263 Å². The number of allylic oxidation sites excluding steroid dienone is 1. The first-order valence-corrected chi connectivity index (χ1v) is 29.9. The zero-order chi connectivity index (χ0) is 60.9. The van der Waals surface area contributed by atoms with E-state index in [1.54, 1.807) is 0 Å². The minimum absolute atomic E-state index is 0.0341. The number of aliphatic hydroxyl groups is 17. The molecule has 28 heteroatoms. The fraction of sp³-hybridized carbons (Fsp3) is 0.964. The molecule has 28 nitrogen and oxygen atoms in total. The van der Waals surface area contributed by atoms with E-state index in [1.165, 1.54) is 6.92 Å². The van der Waals surface area contributed by atoms with Crippen molar-refractivity contribution in [3.05, 3.63) is 11.6 Å². The van der Waals surface area contributed by atoms with Gasteiger partial charge in [0.1, 0.15) is 110 Å². The van der Waals surface area contributed by atoms with Gasteiger partial charge in [-0.3, -0.25) is 0 Å². The van der Waals surface area contributed by atoms with E-state index < -0.39 is 209 Å². The smallest absolute Gasteiger partial charge is 0.187 e.